The fourth-order valence-corrected chi connectivity index (χ4v) is 3.17. The zero-order valence-corrected chi connectivity index (χ0v) is 13.9. The summed E-state index contributed by atoms with van der Waals surface area (Å²) in [7, 11) is 0. The molecule has 1 N–H and O–H groups in total. The van der Waals surface area contributed by atoms with Gasteiger partial charge in [0.2, 0.25) is 5.91 Å². The third kappa shape index (κ3) is 3.61. The van der Waals surface area contributed by atoms with Crippen LogP contribution in [0.5, 0.6) is 0 Å². The van der Waals surface area contributed by atoms with E-state index >= 15 is 0 Å². The standard InChI is InChI=1S/C17H23ClN2O2/c1-3-4-5-6-7-11-20-16-13(9-8-10-14(16)18)15(17(20)22)19-12(2)21/h8-10,15H,3-7,11H2,1-2H3,(H,19,21). The molecule has 1 aliphatic heterocycles. The number of hydrogen-bond acceptors (Lipinski definition) is 2. The van der Waals surface area contributed by atoms with Crippen molar-refractivity contribution in [2.45, 2.75) is 52.0 Å². The van der Waals surface area contributed by atoms with E-state index in [9.17, 15) is 9.59 Å². The number of para-hydroxylation sites is 1. The van der Waals surface area contributed by atoms with Crippen molar-refractivity contribution in [3.63, 3.8) is 0 Å². The summed E-state index contributed by atoms with van der Waals surface area (Å²) < 4.78 is 0. The Hall–Kier alpha value is -1.55. The summed E-state index contributed by atoms with van der Waals surface area (Å²) in [6.07, 6.45) is 5.65. The van der Waals surface area contributed by atoms with Crippen molar-refractivity contribution in [3.05, 3.63) is 28.8 Å². The molecule has 22 heavy (non-hydrogen) atoms. The zero-order valence-electron chi connectivity index (χ0n) is 13.2. The van der Waals surface area contributed by atoms with E-state index in [1.165, 1.54) is 26.2 Å². The van der Waals surface area contributed by atoms with Gasteiger partial charge in [-0.05, 0) is 12.5 Å². The number of nitrogens with one attached hydrogen (secondary N) is 1. The highest BCUT2D eigenvalue weighted by molar-refractivity contribution is 6.34. The highest BCUT2D eigenvalue weighted by atomic mass is 35.5. The Balaban J connectivity index is 2.14. The number of benzene rings is 1. The van der Waals surface area contributed by atoms with Gasteiger partial charge in [0.25, 0.3) is 5.91 Å². The van der Waals surface area contributed by atoms with Crippen molar-refractivity contribution in [1.29, 1.82) is 0 Å². The van der Waals surface area contributed by atoms with Crippen molar-refractivity contribution in [2.24, 2.45) is 0 Å². The minimum atomic E-state index is -0.609. The van der Waals surface area contributed by atoms with Crippen LogP contribution in [0.15, 0.2) is 18.2 Å². The molecule has 1 aromatic rings. The van der Waals surface area contributed by atoms with Crippen LogP contribution in [0.1, 0.15) is 57.6 Å². The summed E-state index contributed by atoms with van der Waals surface area (Å²) in [5.74, 6) is -0.303. The van der Waals surface area contributed by atoms with Crippen LogP contribution < -0.4 is 10.2 Å². The van der Waals surface area contributed by atoms with E-state index in [1.807, 2.05) is 12.1 Å². The lowest BCUT2D eigenvalue weighted by atomic mass is 10.1. The molecule has 0 saturated carbocycles. The fraction of sp³-hybridized carbons (Fsp3) is 0.529. The number of nitrogens with zero attached hydrogens (tertiary/aromatic N) is 1. The number of rotatable bonds is 7. The van der Waals surface area contributed by atoms with Crippen LogP contribution in [0.4, 0.5) is 5.69 Å². The second-order valence-corrected chi connectivity index (χ2v) is 6.12. The van der Waals surface area contributed by atoms with Gasteiger partial charge in [0, 0.05) is 19.0 Å². The van der Waals surface area contributed by atoms with E-state index in [-0.39, 0.29) is 11.8 Å². The van der Waals surface area contributed by atoms with Crippen LogP contribution in [-0.4, -0.2) is 18.4 Å². The van der Waals surface area contributed by atoms with Crippen LogP contribution in [-0.2, 0) is 9.59 Å². The number of halogens is 1. The molecule has 0 fully saturated rings. The maximum atomic E-state index is 12.6. The first-order chi connectivity index (χ1) is 10.6. The van der Waals surface area contributed by atoms with E-state index < -0.39 is 6.04 Å². The largest absolute Gasteiger partial charge is 0.341 e. The van der Waals surface area contributed by atoms with Crippen LogP contribution in [0.2, 0.25) is 5.02 Å². The van der Waals surface area contributed by atoms with Crippen molar-refractivity contribution in [3.8, 4) is 0 Å². The minimum Gasteiger partial charge on any atom is -0.341 e. The number of carbonyl (C=O) groups is 2. The van der Waals surface area contributed by atoms with Crippen LogP contribution in [0.3, 0.4) is 0 Å². The maximum absolute atomic E-state index is 12.6. The SMILES string of the molecule is CCCCCCCN1C(=O)C(NC(C)=O)c2cccc(Cl)c21. The molecule has 1 atom stereocenters. The quantitative estimate of drug-likeness (QED) is 0.775. The maximum Gasteiger partial charge on any atom is 0.254 e. The van der Waals surface area contributed by atoms with Gasteiger partial charge in [-0.2, -0.15) is 0 Å². The van der Waals surface area contributed by atoms with E-state index in [1.54, 1.807) is 11.0 Å². The van der Waals surface area contributed by atoms with E-state index in [4.69, 9.17) is 11.6 Å². The van der Waals surface area contributed by atoms with Gasteiger partial charge in [0.05, 0.1) is 10.7 Å². The van der Waals surface area contributed by atoms with Gasteiger partial charge in [-0.25, -0.2) is 0 Å². The van der Waals surface area contributed by atoms with Crippen molar-refractivity contribution < 1.29 is 9.59 Å². The minimum absolute atomic E-state index is 0.0891. The highest BCUT2D eigenvalue weighted by Crippen LogP contribution is 2.41. The molecule has 0 saturated heterocycles. The third-order valence-corrected chi connectivity index (χ3v) is 4.25. The molecule has 120 valence electrons. The van der Waals surface area contributed by atoms with Gasteiger partial charge >= 0.3 is 0 Å². The predicted molar refractivity (Wildman–Crippen MR) is 89.1 cm³/mol. The first-order valence-corrected chi connectivity index (χ1v) is 8.31. The average molecular weight is 323 g/mol. The molecule has 0 bridgehead atoms. The molecule has 1 aromatic carbocycles. The van der Waals surface area contributed by atoms with Gasteiger partial charge < -0.3 is 10.2 Å². The molecular formula is C17H23ClN2O2. The summed E-state index contributed by atoms with van der Waals surface area (Å²) in [6, 6.07) is 4.85. The first kappa shape index (κ1) is 16.8. The van der Waals surface area contributed by atoms with Crippen molar-refractivity contribution >= 4 is 29.1 Å². The molecule has 2 amide bonds. The lowest BCUT2D eigenvalue weighted by molar-refractivity contribution is -0.126. The summed E-state index contributed by atoms with van der Waals surface area (Å²) in [5, 5.41) is 3.29. The predicted octanol–water partition coefficient (Wildman–Crippen LogP) is 3.83. The molecule has 0 radical (unpaired) electrons. The Morgan fingerprint density at radius 2 is 2.00 bits per heavy atom. The molecule has 0 spiro atoms. The summed E-state index contributed by atoms with van der Waals surface area (Å²) >= 11 is 6.29. The molecule has 1 heterocycles. The fourth-order valence-electron chi connectivity index (χ4n) is 2.89. The second kappa shape index (κ2) is 7.63. The highest BCUT2D eigenvalue weighted by Gasteiger charge is 2.38. The summed E-state index contributed by atoms with van der Waals surface area (Å²) in [5.41, 5.74) is 1.55. The molecule has 2 rings (SSSR count). The van der Waals surface area contributed by atoms with E-state index in [2.05, 4.69) is 12.2 Å². The first-order valence-electron chi connectivity index (χ1n) is 7.93. The van der Waals surface area contributed by atoms with E-state index in [0.29, 0.717) is 11.6 Å². The monoisotopic (exact) mass is 322 g/mol. The Morgan fingerprint density at radius 3 is 2.68 bits per heavy atom. The second-order valence-electron chi connectivity index (χ2n) is 5.72. The number of hydrogen-bond donors (Lipinski definition) is 1. The zero-order chi connectivity index (χ0) is 16.1. The number of unbranched alkanes of at least 4 members (excludes halogenated alkanes) is 4. The molecule has 1 unspecified atom stereocenters. The molecule has 0 aliphatic carbocycles. The topological polar surface area (TPSA) is 49.4 Å². The summed E-state index contributed by atoms with van der Waals surface area (Å²) in [4.78, 5) is 25.7. The summed E-state index contributed by atoms with van der Waals surface area (Å²) in [6.45, 7) is 4.25. The number of carbonyl (C=O) groups excluding carboxylic acids is 2. The van der Waals surface area contributed by atoms with Gasteiger partial charge in [-0.3, -0.25) is 9.59 Å². The van der Waals surface area contributed by atoms with Crippen LogP contribution in [0.25, 0.3) is 0 Å². The lowest BCUT2D eigenvalue weighted by Gasteiger charge is -2.19. The lowest BCUT2D eigenvalue weighted by Crippen LogP contribution is -2.37. The number of fused-ring (bicyclic) bond motifs is 1. The third-order valence-electron chi connectivity index (χ3n) is 3.94. The van der Waals surface area contributed by atoms with Crippen molar-refractivity contribution in [2.75, 3.05) is 11.4 Å². The molecule has 5 heteroatoms. The van der Waals surface area contributed by atoms with Gasteiger partial charge in [-0.15, -0.1) is 0 Å². The number of anilines is 1. The van der Waals surface area contributed by atoms with Gasteiger partial charge in [-0.1, -0.05) is 56.3 Å². The molecule has 1 aliphatic rings. The Bertz CT molecular complexity index is 560. The Kier molecular flexibility index (Phi) is 5.83. The van der Waals surface area contributed by atoms with Crippen molar-refractivity contribution in [1.82, 2.24) is 5.32 Å². The number of amides is 2. The van der Waals surface area contributed by atoms with Gasteiger partial charge in [0.15, 0.2) is 0 Å². The van der Waals surface area contributed by atoms with Crippen LogP contribution in [0, 0.1) is 0 Å². The average Bonchev–Trinajstić information content (AvgIpc) is 2.73. The Labute approximate surface area is 136 Å². The molecular weight excluding hydrogens is 300 g/mol. The normalized spacial score (nSPS) is 16.8. The van der Waals surface area contributed by atoms with E-state index in [0.717, 1.165) is 24.1 Å². The van der Waals surface area contributed by atoms with Crippen LogP contribution >= 0.6 is 11.6 Å². The Morgan fingerprint density at radius 1 is 1.27 bits per heavy atom. The molecule has 0 aromatic heterocycles. The van der Waals surface area contributed by atoms with Gasteiger partial charge in [0.1, 0.15) is 6.04 Å². The molecule has 4 nitrogen and oxygen atoms in total. The smallest absolute Gasteiger partial charge is 0.254 e.